The van der Waals surface area contributed by atoms with Crippen molar-refractivity contribution in [3.8, 4) is 0 Å². The standard InChI is InChI=1S/C24H23NO4S/c1-14-16(22(28)20-17(26)11-24(2,3)12-18(20)27)9-10-19-21(14)25(23(29)30-19)13-15-7-5-4-6-8-15/h4-10,28H,11-13H2,1-3H3. The van der Waals surface area contributed by atoms with Crippen LogP contribution in [0.1, 0.15) is 43.4 Å². The van der Waals surface area contributed by atoms with Gasteiger partial charge >= 0.3 is 4.87 Å². The Morgan fingerprint density at radius 3 is 2.30 bits per heavy atom. The fourth-order valence-electron chi connectivity index (χ4n) is 4.16. The first kappa shape index (κ1) is 20.3. The third-order valence-corrected chi connectivity index (χ3v) is 6.54. The van der Waals surface area contributed by atoms with E-state index in [4.69, 9.17) is 0 Å². The first-order chi connectivity index (χ1) is 14.2. The monoisotopic (exact) mass is 421 g/mol. The normalized spacial score (nSPS) is 16.3. The lowest BCUT2D eigenvalue weighted by Gasteiger charge is -2.29. The van der Waals surface area contributed by atoms with Crippen LogP contribution in [-0.2, 0) is 16.1 Å². The summed E-state index contributed by atoms with van der Waals surface area (Å²) in [5.74, 6) is -0.953. The summed E-state index contributed by atoms with van der Waals surface area (Å²) >= 11 is 1.14. The second-order valence-electron chi connectivity index (χ2n) is 8.61. The van der Waals surface area contributed by atoms with Crippen LogP contribution in [0.2, 0.25) is 0 Å². The zero-order chi connectivity index (χ0) is 21.6. The predicted octanol–water partition coefficient (Wildman–Crippen LogP) is 4.65. The molecule has 3 aromatic rings. The van der Waals surface area contributed by atoms with Gasteiger partial charge in [0.2, 0.25) is 0 Å². The minimum Gasteiger partial charge on any atom is -0.506 e. The zero-order valence-corrected chi connectivity index (χ0v) is 18.0. The number of carbonyl (C=O) groups excluding carboxylic acids is 2. The minimum atomic E-state index is -0.402. The van der Waals surface area contributed by atoms with Crippen LogP contribution < -0.4 is 4.87 Å². The van der Waals surface area contributed by atoms with Crippen LogP contribution in [-0.4, -0.2) is 21.2 Å². The Hall–Kier alpha value is -2.99. The summed E-state index contributed by atoms with van der Waals surface area (Å²) in [6, 6.07) is 13.1. The van der Waals surface area contributed by atoms with E-state index in [1.165, 1.54) is 0 Å². The summed E-state index contributed by atoms with van der Waals surface area (Å²) in [6.45, 7) is 5.97. The van der Waals surface area contributed by atoms with Crippen LogP contribution in [0.3, 0.4) is 0 Å². The van der Waals surface area contributed by atoms with Gasteiger partial charge < -0.3 is 5.11 Å². The molecule has 6 heteroatoms. The molecule has 0 spiro atoms. The minimum absolute atomic E-state index is 0.0900. The molecule has 1 aliphatic carbocycles. The van der Waals surface area contributed by atoms with Crippen molar-refractivity contribution in [1.29, 1.82) is 0 Å². The number of aliphatic hydroxyl groups excluding tert-OH is 1. The lowest BCUT2D eigenvalue weighted by Crippen LogP contribution is -2.32. The molecule has 0 radical (unpaired) electrons. The van der Waals surface area contributed by atoms with Gasteiger partial charge in [-0.05, 0) is 35.6 Å². The van der Waals surface area contributed by atoms with Gasteiger partial charge in [0, 0.05) is 18.4 Å². The number of Topliss-reactive ketones (excluding diaryl/α,β-unsaturated/α-hetero) is 2. The average molecular weight is 422 g/mol. The maximum Gasteiger partial charge on any atom is 0.308 e. The van der Waals surface area contributed by atoms with Crippen molar-refractivity contribution in [1.82, 2.24) is 4.57 Å². The molecule has 5 nitrogen and oxygen atoms in total. The molecule has 0 unspecified atom stereocenters. The number of thiazole rings is 1. The summed E-state index contributed by atoms with van der Waals surface area (Å²) in [7, 11) is 0. The molecule has 30 heavy (non-hydrogen) atoms. The average Bonchev–Trinajstić information content (AvgIpc) is 2.97. The van der Waals surface area contributed by atoms with E-state index in [1.54, 1.807) is 16.7 Å². The predicted molar refractivity (Wildman–Crippen MR) is 119 cm³/mol. The van der Waals surface area contributed by atoms with Crippen LogP contribution >= 0.6 is 11.3 Å². The van der Waals surface area contributed by atoms with Crippen molar-refractivity contribution >= 4 is 38.9 Å². The molecule has 0 amide bonds. The summed E-state index contributed by atoms with van der Waals surface area (Å²) in [4.78, 5) is 37.8. The molecule has 1 fully saturated rings. The van der Waals surface area contributed by atoms with Gasteiger partial charge in [-0.25, -0.2) is 0 Å². The maximum atomic E-state index is 12.7. The van der Waals surface area contributed by atoms with Gasteiger partial charge in [-0.2, -0.15) is 0 Å². The molecule has 154 valence electrons. The molecule has 0 atom stereocenters. The smallest absolute Gasteiger partial charge is 0.308 e. The van der Waals surface area contributed by atoms with Gasteiger partial charge in [0.25, 0.3) is 0 Å². The van der Waals surface area contributed by atoms with E-state index in [1.807, 2.05) is 51.1 Å². The van der Waals surface area contributed by atoms with Crippen LogP contribution in [0.5, 0.6) is 0 Å². The summed E-state index contributed by atoms with van der Waals surface area (Å²) in [6.07, 6.45) is 0.438. The van der Waals surface area contributed by atoms with Crippen LogP contribution in [0.15, 0.2) is 52.8 Å². The highest BCUT2D eigenvalue weighted by molar-refractivity contribution is 7.16. The second kappa shape index (κ2) is 7.36. The Morgan fingerprint density at radius 2 is 1.67 bits per heavy atom. The first-order valence-corrected chi connectivity index (χ1v) is 10.7. The number of benzene rings is 2. The number of allylic oxidation sites excluding steroid dienone is 1. The number of aliphatic hydroxyl groups is 1. The quantitative estimate of drug-likeness (QED) is 0.379. The van der Waals surface area contributed by atoms with Crippen molar-refractivity contribution in [2.75, 3.05) is 0 Å². The van der Waals surface area contributed by atoms with Gasteiger partial charge in [0.05, 0.1) is 16.8 Å². The number of hydrogen-bond donors (Lipinski definition) is 1. The van der Waals surface area contributed by atoms with Gasteiger partial charge in [-0.1, -0.05) is 55.5 Å². The molecule has 1 aromatic heterocycles. The van der Waals surface area contributed by atoms with Gasteiger partial charge in [0.15, 0.2) is 11.6 Å². The molecular weight excluding hydrogens is 398 g/mol. The molecule has 1 aliphatic rings. The molecule has 0 saturated heterocycles. The Morgan fingerprint density at radius 1 is 1.03 bits per heavy atom. The van der Waals surface area contributed by atoms with E-state index in [9.17, 15) is 19.5 Å². The summed E-state index contributed by atoms with van der Waals surface area (Å²) < 4.78 is 2.48. The van der Waals surface area contributed by atoms with Crippen LogP contribution in [0.4, 0.5) is 0 Å². The highest BCUT2D eigenvalue weighted by Crippen LogP contribution is 2.37. The van der Waals surface area contributed by atoms with E-state index < -0.39 is 5.41 Å². The number of rotatable bonds is 3. The van der Waals surface area contributed by atoms with Crippen molar-refractivity contribution in [2.24, 2.45) is 5.41 Å². The number of carbonyl (C=O) groups is 2. The highest BCUT2D eigenvalue weighted by atomic mass is 32.1. The van der Waals surface area contributed by atoms with E-state index >= 15 is 0 Å². The molecule has 2 aromatic carbocycles. The van der Waals surface area contributed by atoms with Crippen molar-refractivity contribution < 1.29 is 14.7 Å². The van der Waals surface area contributed by atoms with E-state index in [2.05, 4.69) is 0 Å². The zero-order valence-electron chi connectivity index (χ0n) is 17.2. The Kier molecular flexibility index (Phi) is 4.98. The lowest BCUT2D eigenvalue weighted by atomic mass is 9.73. The third kappa shape index (κ3) is 3.52. The van der Waals surface area contributed by atoms with Crippen molar-refractivity contribution in [2.45, 2.75) is 40.2 Å². The van der Waals surface area contributed by atoms with E-state index in [-0.39, 0.29) is 40.6 Å². The second-order valence-corrected chi connectivity index (χ2v) is 9.61. The number of ketones is 2. The van der Waals surface area contributed by atoms with Gasteiger partial charge in [0.1, 0.15) is 11.3 Å². The van der Waals surface area contributed by atoms with Crippen molar-refractivity contribution in [3.63, 3.8) is 0 Å². The largest absolute Gasteiger partial charge is 0.506 e. The Bertz CT molecular complexity index is 1240. The number of aryl methyl sites for hydroxylation is 1. The number of hydrogen-bond acceptors (Lipinski definition) is 5. The molecule has 4 rings (SSSR count). The molecule has 0 bridgehead atoms. The van der Waals surface area contributed by atoms with E-state index in [0.717, 1.165) is 27.1 Å². The number of aromatic nitrogens is 1. The van der Waals surface area contributed by atoms with Gasteiger partial charge in [-0.3, -0.25) is 19.0 Å². The highest BCUT2D eigenvalue weighted by Gasteiger charge is 2.38. The lowest BCUT2D eigenvalue weighted by molar-refractivity contribution is -0.127. The van der Waals surface area contributed by atoms with Gasteiger partial charge in [-0.15, -0.1) is 0 Å². The topological polar surface area (TPSA) is 76.4 Å². The Labute approximate surface area is 178 Å². The number of fused-ring (bicyclic) bond motifs is 1. The third-order valence-electron chi connectivity index (χ3n) is 5.59. The van der Waals surface area contributed by atoms with Crippen molar-refractivity contribution in [3.05, 3.63) is 74.4 Å². The summed E-state index contributed by atoms with van der Waals surface area (Å²) in [5, 5.41) is 10.9. The Balaban J connectivity index is 1.86. The molecule has 1 saturated carbocycles. The molecule has 0 aliphatic heterocycles. The summed E-state index contributed by atoms with van der Waals surface area (Å²) in [5.41, 5.74) is 2.28. The van der Waals surface area contributed by atoms with E-state index in [0.29, 0.717) is 17.7 Å². The molecule has 1 heterocycles. The van der Waals surface area contributed by atoms with Crippen LogP contribution in [0.25, 0.3) is 16.0 Å². The molecular formula is C24H23NO4S. The SMILES string of the molecule is Cc1c(C(O)=C2C(=O)CC(C)(C)CC2=O)ccc2sc(=O)n(Cc3ccccc3)c12. The van der Waals surface area contributed by atoms with Crippen LogP contribution in [0, 0.1) is 12.3 Å². The maximum absolute atomic E-state index is 12.7. The fraction of sp³-hybridized carbons (Fsp3) is 0.292. The fourth-order valence-corrected chi connectivity index (χ4v) is 5.11. The number of nitrogens with zero attached hydrogens (tertiary/aromatic N) is 1. The first-order valence-electron chi connectivity index (χ1n) is 9.85. The molecule has 1 N–H and O–H groups in total.